The Morgan fingerprint density at radius 2 is 1.97 bits per heavy atom. The summed E-state index contributed by atoms with van der Waals surface area (Å²) >= 11 is 0. The predicted octanol–water partition coefficient (Wildman–Crippen LogP) is 4.36. The second-order valence-corrected chi connectivity index (χ2v) is 7.12. The van der Waals surface area contributed by atoms with E-state index in [2.05, 4.69) is 20.6 Å². The molecule has 2 N–H and O–H groups in total. The fraction of sp³-hybridized carbons (Fsp3) is 0.348. The predicted molar refractivity (Wildman–Crippen MR) is 120 cm³/mol. The smallest absolute Gasteiger partial charge is 0.365 e. The minimum absolute atomic E-state index is 0.141. The molecule has 9 heteroatoms. The third-order valence-corrected chi connectivity index (χ3v) is 5.13. The molecule has 3 heterocycles. The summed E-state index contributed by atoms with van der Waals surface area (Å²) in [5.41, 5.74) is 1.64. The van der Waals surface area contributed by atoms with Crippen LogP contribution >= 0.6 is 0 Å². The van der Waals surface area contributed by atoms with E-state index in [-0.39, 0.29) is 12.1 Å². The molecule has 32 heavy (non-hydrogen) atoms. The van der Waals surface area contributed by atoms with Crippen molar-refractivity contribution in [2.75, 3.05) is 18.4 Å². The summed E-state index contributed by atoms with van der Waals surface area (Å²) < 4.78 is 40.4. The van der Waals surface area contributed by atoms with Gasteiger partial charge in [-0.15, -0.1) is 0 Å². The number of aryl methyl sites for hydroxylation is 1. The maximum atomic E-state index is 13.0. The highest BCUT2D eigenvalue weighted by atomic mass is 19.4. The number of pyridine rings is 1. The lowest BCUT2D eigenvalue weighted by Gasteiger charge is -2.16. The summed E-state index contributed by atoms with van der Waals surface area (Å²) in [6, 6.07) is 6.91. The van der Waals surface area contributed by atoms with Crippen molar-refractivity contribution in [3.8, 4) is 0 Å². The number of alkyl halides is 3. The Labute approximate surface area is 184 Å². The van der Waals surface area contributed by atoms with Crippen LogP contribution in [0, 0.1) is 0 Å². The standard InChI is InChI=1S/C21H20F3N5O.C2H6/c1-29-19-17(10-16(20(29)30)14-5-7-25-8-6-14)18(27-12-28-19)26-11-13-3-2-4-15(9-13)21(22,23)24;1-2/h2-5,9-10,12,25H,6-8,11H2,1H3,(H,26,27,28);1-2H3. The first-order valence-corrected chi connectivity index (χ1v) is 10.5. The molecule has 0 saturated heterocycles. The van der Waals surface area contributed by atoms with Gasteiger partial charge in [-0.05, 0) is 42.3 Å². The zero-order valence-electron chi connectivity index (χ0n) is 18.3. The van der Waals surface area contributed by atoms with Gasteiger partial charge in [-0.1, -0.05) is 32.1 Å². The maximum Gasteiger partial charge on any atom is 0.416 e. The molecule has 0 spiro atoms. The number of hydrogen-bond donors (Lipinski definition) is 2. The Balaban J connectivity index is 0.00000141. The molecule has 170 valence electrons. The van der Waals surface area contributed by atoms with Crippen molar-refractivity contribution in [2.24, 2.45) is 7.05 Å². The number of nitrogens with zero attached hydrogens (tertiary/aromatic N) is 3. The van der Waals surface area contributed by atoms with Crippen LogP contribution in [-0.4, -0.2) is 27.6 Å². The monoisotopic (exact) mass is 445 g/mol. The molecule has 0 aliphatic carbocycles. The van der Waals surface area contributed by atoms with E-state index in [1.165, 1.54) is 17.0 Å². The lowest BCUT2D eigenvalue weighted by atomic mass is 10.0. The molecular formula is C23H26F3N5O. The van der Waals surface area contributed by atoms with Crippen LogP contribution in [0.1, 0.15) is 37.0 Å². The molecule has 3 aromatic rings. The van der Waals surface area contributed by atoms with Crippen LogP contribution < -0.4 is 16.2 Å². The number of benzene rings is 1. The van der Waals surface area contributed by atoms with Crippen molar-refractivity contribution in [2.45, 2.75) is 33.0 Å². The number of nitrogens with one attached hydrogen (secondary N) is 2. The minimum Gasteiger partial charge on any atom is -0.365 e. The number of fused-ring (bicyclic) bond motifs is 1. The van der Waals surface area contributed by atoms with Crippen LogP contribution in [0.5, 0.6) is 0 Å². The third-order valence-electron chi connectivity index (χ3n) is 5.13. The average molecular weight is 445 g/mol. The van der Waals surface area contributed by atoms with Gasteiger partial charge in [0.25, 0.3) is 5.56 Å². The molecule has 2 aromatic heterocycles. The quantitative estimate of drug-likeness (QED) is 0.624. The Morgan fingerprint density at radius 3 is 2.66 bits per heavy atom. The summed E-state index contributed by atoms with van der Waals surface area (Å²) in [6.45, 7) is 5.64. The van der Waals surface area contributed by atoms with E-state index in [1.807, 2.05) is 19.9 Å². The summed E-state index contributed by atoms with van der Waals surface area (Å²) in [5, 5.41) is 6.95. The molecular weight excluding hydrogens is 419 g/mol. The van der Waals surface area contributed by atoms with Crippen molar-refractivity contribution < 1.29 is 13.2 Å². The minimum atomic E-state index is -4.40. The van der Waals surface area contributed by atoms with E-state index in [1.54, 1.807) is 19.2 Å². The van der Waals surface area contributed by atoms with Gasteiger partial charge in [0.2, 0.25) is 0 Å². The van der Waals surface area contributed by atoms with Crippen LogP contribution in [-0.2, 0) is 19.8 Å². The molecule has 1 aromatic carbocycles. The second kappa shape index (κ2) is 9.95. The molecule has 0 amide bonds. The largest absolute Gasteiger partial charge is 0.416 e. The van der Waals surface area contributed by atoms with Crippen molar-refractivity contribution in [1.82, 2.24) is 19.9 Å². The Kier molecular flexibility index (Phi) is 7.29. The van der Waals surface area contributed by atoms with E-state index >= 15 is 0 Å². The van der Waals surface area contributed by atoms with Gasteiger partial charge in [-0.3, -0.25) is 9.36 Å². The first-order valence-electron chi connectivity index (χ1n) is 10.5. The van der Waals surface area contributed by atoms with E-state index < -0.39 is 11.7 Å². The van der Waals surface area contributed by atoms with E-state index in [0.717, 1.165) is 30.7 Å². The topological polar surface area (TPSA) is 71.8 Å². The highest BCUT2D eigenvalue weighted by Gasteiger charge is 2.30. The zero-order valence-corrected chi connectivity index (χ0v) is 18.3. The molecule has 6 nitrogen and oxygen atoms in total. The SMILES string of the molecule is CC.Cn1c(=O)c(C2=CCNCC2)cc2c(NCc3cccc(C(F)(F)F)c3)ncnc21. The van der Waals surface area contributed by atoms with Gasteiger partial charge in [0.05, 0.1) is 10.9 Å². The summed E-state index contributed by atoms with van der Waals surface area (Å²) in [6.07, 6.45) is -0.333. The molecule has 1 aliphatic heterocycles. The van der Waals surface area contributed by atoms with Gasteiger partial charge in [-0.2, -0.15) is 13.2 Å². The van der Waals surface area contributed by atoms with E-state index in [9.17, 15) is 18.0 Å². The second-order valence-electron chi connectivity index (χ2n) is 7.12. The van der Waals surface area contributed by atoms with Crippen molar-refractivity contribution >= 4 is 22.4 Å². The molecule has 0 radical (unpaired) electrons. The summed E-state index contributed by atoms with van der Waals surface area (Å²) in [7, 11) is 1.65. The molecule has 0 fully saturated rings. The highest BCUT2D eigenvalue weighted by molar-refractivity contribution is 5.89. The molecule has 0 bridgehead atoms. The van der Waals surface area contributed by atoms with Crippen molar-refractivity contribution in [3.05, 3.63) is 69.8 Å². The third kappa shape index (κ3) is 4.99. The lowest BCUT2D eigenvalue weighted by molar-refractivity contribution is -0.137. The summed E-state index contributed by atoms with van der Waals surface area (Å²) in [5.74, 6) is 0.462. The molecule has 0 unspecified atom stereocenters. The van der Waals surface area contributed by atoms with Gasteiger partial charge < -0.3 is 10.6 Å². The van der Waals surface area contributed by atoms with Crippen LogP contribution in [0.2, 0.25) is 0 Å². The number of rotatable bonds is 4. The number of halogens is 3. The van der Waals surface area contributed by atoms with Gasteiger partial charge in [0.1, 0.15) is 17.8 Å². The lowest BCUT2D eigenvalue weighted by Crippen LogP contribution is -2.26. The summed E-state index contributed by atoms with van der Waals surface area (Å²) in [4.78, 5) is 21.3. The molecule has 0 atom stereocenters. The number of aromatic nitrogens is 3. The first kappa shape index (κ1) is 23.5. The normalized spacial score (nSPS) is 13.9. The Morgan fingerprint density at radius 1 is 1.19 bits per heavy atom. The highest BCUT2D eigenvalue weighted by Crippen LogP contribution is 2.30. The van der Waals surface area contributed by atoms with Crippen LogP contribution in [0.25, 0.3) is 16.6 Å². The van der Waals surface area contributed by atoms with Gasteiger partial charge in [0.15, 0.2) is 0 Å². The number of hydrogen-bond acceptors (Lipinski definition) is 5. The average Bonchev–Trinajstić information content (AvgIpc) is 2.81. The van der Waals surface area contributed by atoms with Crippen LogP contribution in [0.3, 0.4) is 0 Å². The van der Waals surface area contributed by atoms with E-state index in [4.69, 9.17) is 0 Å². The van der Waals surface area contributed by atoms with Gasteiger partial charge >= 0.3 is 6.18 Å². The van der Waals surface area contributed by atoms with Crippen molar-refractivity contribution in [3.63, 3.8) is 0 Å². The van der Waals surface area contributed by atoms with Crippen LogP contribution in [0.4, 0.5) is 19.0 Å². The van der Waals surface area contributed by atoms with Gasteiger partial charge in [0, 0.05) is 25.7 Å². The van der Waals surface area contributed by atoms with Crippen LogP contribution in [0.15, 0.2) is 47.5 Å². The Bertz CT molecular complexity index is 1180. The maximum absolute atomic E-state index is 13.0. The zero-order chi connectivity index (χ0) is 23.3. The van der Waals surface area contributed by atoms with E-state index in [0.29, 0.717) is 34.5 Å². The van der Waals surface area contributed by atoms with Crippen molar-refractivity contribution in [1.29, 1.82) is 0 Å². The Hall–Kier alpha value is -3.20. The first-order chi connectivity index (χ1) is 15.3. The molecule has 0 saturated carbocycles. The number of anilines is 1. The fourth-order valence-corrected chi connectivity index (χ4v) is 3.55. The fourth-order valence-electron chi connectivity index (χ4n) is 3.55. The molecule has 4 rings (SSSR count). The molecule has 1 aliphatic rings. The van der Waals surface area contributed by atoms with Gasteiger partial charge in [-0.25, -0.2) is 9.97 Å².